The van der Waals surface area contributed by atoms with Gasteiger partial charge in [-0.25, -0.2) is 0 Å². The molecule has 0 spiro atoms. The summed E-state index contributed by atoms with van der Waals surface area (Å²) in [5.74, 6) is 0.737. The fraction of sp³-hybridized carbons (Fsp3) is 0.571. The molecule has 0 aromatic heterocycles. The average Bonchev–Trinajstić information content (AvgIpc) is 2.37. The molecule has 1 aliphatic carbocycles. The summed E-state index contributed by atoms with van der Waals surface area (Å²) >= 11 is 0. The van der Waals surface area contributed by atoms with Crippen LogP contribution in [0.2, 0.25) is 0 Å². The number of benzene rings is 1. The molecule has 0 radical (unpaired) electrons. The summed E-state index contributed by atoms with van der Waals surface area (Å²) < 4.78 is 0. The lowest BCUT2D eigenvalue weighted by atomic mass is 9.86. The third-order valence-corrected chi connectivity index (χ3v) is 4.06. The Balaban J connectivity index is 2.19. The van der Waals surface area contributed by atoms with Crippen LogP contribution in [0.1, 0.15) is 32.6 Å². The summed E-state index contributed by atoms with van der Waals surface area (Å²) in [7, 11) is 2.03. The standard InChI is InChI=1S/C14H21N3O2/c1-10-4-3-5-11(8-10)16(2)14-7-6-12(17(18)19)9-13(14)15/h6-7,9-11H,3-5,8,15H2,1-2H3. The first-order valence-electron chi connectivity index (χ1n) is 6.75. The van der Waals surface area contributed by atoms with Crippen molar-refractivity contribution in [1.82, 2.24) is 0 Å². The maximum Gasteiger partial charge on any atom is 0.271 e. The zero-order chi connectivity index (χ0) is 14.0. The molecule has 2 unspecified atom stereocenters. The van der Waals surface area contributed by atoms with E-state index in [0.717, 1.165) is 24.4 Å². The summed E-state index contributed by atoms with van der Waals surface area (Å²) in [6, 6.07) is 5.20. The molecular formula is C14H21N3O2. The SMILES string of the molecule is CC1CCCC(N(C)c2ccc([N+](=O)[O-])cc2N)C1. The van der Waals surface area contributed by atoms with E-state index in [2.05, 4.69) is 11.8 Å². The van der Waals surface area contributed by atoms with E-state index in [1.54, 1.807) is 6.07 Å². The van der Waals surface area contributed by atoms with Gasteiger partial charge in [0.2, 0.25) is 0 Å². The number of rotatable bonds is 3. The van der Waals surface area contributed by atoms with Gasteiger partial charge in [-0.15, -0.1) is 0 Å². The number of hydrogen-bond acceptors (Lipinski definition) is 4. The lowest BCUT2D eigenvalue weighted by molar-refractivity contribution is -0.384. The van der Waals surface area contributed by atoms with Crippen molar-refractivity contribution in [2.75, 3.05) is 17.7 Å². The molecule has 2 rings (SSSR count). The topological polar surface area (TPSA) is 72.4 Å². The van der Waals surface area contributed by atoms with Crippen LogP contribution in [0.15, 0.2) is 18.2 Å². The molecule has 2 N–H and O–H groups in total. The number of hydrogen-bond donors (Lipinski definition) is 1. The van der Waals surface area contributed by atoms with Crippen LogP contribution in [0.5, 0.6) is 0 Å². The van der Waals surface area contributed by atoms with Crippen molar-refractivity contribution in [3.8, 4) is 0 Å². The molecule has 1 fully saturated rings. The number of nitrogens with two attached hydrogens (primary N) is 1. The van der Waals surface area contributed by atoms with Gasteiger partial charge < -0.3 is 10.6 Å². The fourth-order valence-electron chi connectivity index (χ4n) is 2.93. The molecule has 2 atom stereocenters. The Morgan fingerprint density at radius 2 is 2.16 bits per heavy atom. The van der Waals surface area contributed by atoms with Crippen molar-refractivity contribution in [1.29, 1.82) is 0 Å². The summed E-state index contributed by atoms with van der Waals surface area (Å²) in [4.78, 5) is 12.5. The summed E-state index contributed by atoms with van der Waals surface area (Å²) in [5.41, 5.74) is 7.38. The van der Waals surface area contributed by atoms with Gasteiger partial charge in [-0.05, 0) is 24.8 Å². The smallest absolute Gasteiger partial charge is 0.271 e. The maximum absolute atomic E-state index is 10.7. The summed E-state index contributed by atoms with van der Waals surface area (Å²) in [6.45, 7) is 2.28. The normalized spacial score (nSPS) is 23.1. The van der Waals surface area contributed by atoms with Crippen molar-refractivity contribution < 1.29 is 4.92 Å². The molecule has 0 aliphatic heterocycles. The van der Waals surface area contributed by atoms with Crippen LogP contribution in [0.4, 0.5) is 17.1 Å². The second kappa shape index (κ2) is 5.47. The molecule has 1 aromatic carbocycles. The van der Waals surface area contributed by atoms with E-state index in [1.807, 2.05) is 7.05 Å². The first-order chi connectivity index (χ1) is 8.99. The molecule has 0 bridgehead atoms. The van der Waals surface area contributed by atoms with E-state index in [0.29, 0.717) is 11.7 Å². The number of anilines is 2. The summed E-state index contributed by atoms with van der Waals surface area (Å²) in [6.07, 6.45) is 4.85. The van der Waals surface area contributed by atoms with E-state index >= 15 is 0 Å². The first-order valence-corrected chi connectivity index (χ1v) is 6.75. The average molecular weight is 263 g/mol. The molecule has 5 nitrogen and oxygen atoms in total. The van der Waals surface area contributed by atoms with E-state index < -0.39 is 4.92 Å². The van der Waals surface area contributed by atoms with Gasteiger partial charge in [0.25, 0.3) is 5.69 Å². The van der Waals surface area contributed by atoms with Gasteiger partial charge in [0, 0.05) is 25.2 Å². The zero-order valence-electron chi connectivity index (χ0n) is 11.5. The van der Waals surface area contributed by atoms with Crippen LogP contribution in [-0.2, 0) is 0 Å². The minimum absolute atomic E-state index is 0.0478. The number of nitro benzene ring substituents is 1. The molecule has 0 amide bonds. The van der Waals surface area contributed by atoms with Gasteiger partial charge in [0.1, 0.15) is 0 Å². The van der Waals surface area contributed by atoms with Crippen molar-refractivity contribution in [3.05, 3.63) is 28.3 Å². The third-order valence-electron chi connectivity index (χ3n) is 4.06. The van der Waals surface area contributed by atoms with Crippen molar-refractivity contribution in [3.63, 3.8) is 0 Å². The van der Waals surface area contributed by atoms with Gasteiger partial charge in [-0.2, -0.15) is 0 Å². The van der Waals surface area contributed by atoms with Gasteiger partial charge in [0.05, 0.1) is 16.3 Å². The maximum atomic E-state index is 10.7. The van der Waals surface area contributed by atoms with Crippen LogP contribution in [0.3, 0.4) is 0 Å². The molecule has 0 saturated heterocycles. The highest BCUT2D eigenvalue weighted by molar-refractivity contribution is 5.70. The zero-order valence-corrected chi connectivity index (χ0v) is 11.5. The molecule has 1 aliphatic rings. The minimum Gasteiger partial charge on any atom is -0.397 e. The van der Waals surface area contributed by atoms with Gasteiger partial charge >= 0.3 is 0 Å². The lowest BCUT2D eigenvalue weighted by Crippen LogP contribution is -2.35. The van der Waals surface area contributed by atoms with Crippen molar-refractivity contribution >= 4 is 17.1 Å². The number of non-ortho nitro benzene ring substituents is 1. The molecule has 5 heteroatoms. The molecule has 19 heavy (non-hydrogen) atoms. The largest absolute Gasteiger partial charge is 0.397 e. The van der Waals surface area contributed by atoms with Crippen LogP contribution in [0.25, 0.3) is 0 Å². The highest BCUT2D eigenvalue weighted by Crippen LogP contribution is 2.33. The molecular weight excluding hydrogens is 242 g/mol. The quantitative estimate of drug-likeness (QED) is 0.516. The van der Waals surface area contributed by atoms with Crippen LogP contribution in [0, 0.1) is 16.0 Å². The van der Waals surface area contributed by atoms with Crippen LogP contribution >= 0.6 is 0 Å². The Labute approximate surface area is 113 Å². The molecule has 1 saturated carbocycles. The second-order valence-electron chi connectivity index (χ2n) is 5.54. The van der Waals surface area contributed by atoms with Crippen molar-refractivity contribution in [2.24, 2.45) is 5.92 Å². The Morgan fingerprint density at radius 3 is 2.74 bits per heavy atom. The van der Waals surface area contributed by atoms with E-state index in [1.165, 1.54) is 25.0 Å². The van der Waals surface area contributed by atoms with E-state index in [9.17, 15) is 10.1 Å². The predicted molar refractivity (Wildman–Crippen MR) is 77.3 cm³/mol. The van der Waals surface area contributed by atoms with Crippen LogP contribution < -0.4 is 10.6 Å². The van der Waals surface area contributed by atoms with Gasteiger partial charge in [-0.1, -0.05) is 19.8 Å². The number of nitrogen functional groups attached to an aromatic ring is 1. The van der Waals surface area contributed by atoms with Crippen molar-refractivity contribution in [2.45, 2.75) is 38.6 Å². The fourth-order valence-corrected chi connectivity index (χ4v) is 2.93. The van der Waals surface area contributed by atoms with Gasteiger partial charge in [-0.3, -0.25) is 10.1 Å². The predicted octanol–water partition coefficient (Wildman–Crippen LogP) is 3.19. The summed E-state index contributed by atoms with van der Waals surface area (Å²) in [5, 5.41) is 10.7. The first kappa shape index (κ1) is 13.6. The Kier molecular flexibility index (Phi) is 3.93. The number of nitro groups is 1. The highest BCUT2D eigenvalue weighted by atomic mass is 16.6. The Bertz CT molecular complexity index is 476. The molecule has 104 valence electrons. The molecule has 1 aromatic rings. The Morgan fingerprint density at radius 1 is 1.42 bits per heavy atom. The Hall–Kier alpha value is -1.78. The van der Waals surface area contributed by atoms with Gasteiger partial charge in [0.15, 0.2) is 0 Å². The van der Waals surface area contributed by atoms with Crippen LogP contribution in [-0.4, -0.2) is 18.0 Å². The van der Waals surface area contributed by atoms with E-state index in [4.69, 9.17) is 5.73 Å². The monoisotopic (exact) mass is 263 g/mol. The lowest BCUT2D eigenvalue weighted by Gasteiger charge is -2.36. The minimum atomic E-state index is -0.414. The number of nitrogens with zero attached hydrogens (tertiary/aromatic N) is 2. The third kappa shape index (κ3) is 2.97. The second-order valence-corrected chi connectivity index (χ2v) is 5.54. The highest BCUT2D eigenvalue weighted by Gasteiger charge is 2.24. The molecule has 0 heterocycles. The van der Waals surface area contributed by atoms with E-state index in [-0.39, 0.29) is 5.69 Å².